The van der Waals surface area contributed by atoms with Crippen LogP contribution in [0.2, 0.25) is 0 Å². The normalized spacial score (nSPS) is 12.5. The maximum atomic E-state index is 13.6. The van der Waals surface area contributed by atoms with E-state index in [0.29, 0.717) is 5.78 Å². The van der Waals surface area contributed by atoms with Crippen molar-refractivity contribution in [2.75, 3.05) is 0 Å². The summed E-state index contributed by atoms with van der Waals surface area (Å²) in [5, 5.41) is 0. The van der Waals surface area contributed by atoms with Crippen molar-refractivity contribution in [3.63, 3.8) is 0 Å². The van der Waals surface area contributed by atoms with E-state index in [1.807, 2.05) is 59.3 Å². The molecule has 8 heteroatoms. The topological polar surface area (TPSA) is 83.3 Å². The van der Waals surface area contributed by atoms with Crippen LogP contribution in [0.5, 0.6) is 0 Å². The Bertz CT molecular complexity index is 1690. The van der Waals surface area contributed by atoms with Crippen LogP contribution in [0.15, 0.2) is 70.4 Å². The van der Waals surface area contributed by atoms with Gasteiger partial charge in [-0.1, -0.05) is 55.5 Å². The van der Waals surface area contributed by atoms with Crippen LogP contribution in [0.3, 0.4) is 0 Å². The number of benzene rings is 2. The molecule has 0 aliphatic rings. The molecule has 0 aliphatic carbocycles. The SMILES string of the molecule is CCc1ccccc1-n1c(-c2ccccc2)cn2c3c(=O)n([C@@H](C)C(C)=O)c(=O)n(C)c3nc12. The second kappa shape index (κ2) is 7.98. The van der Waals surface area contributed by atoms with Gasteiger partial charge in [-0.3, -0.25) is 23.1 Å². The molecule has 0 amide bonds. The summed E-state index contributed by atoms with van der Waals surface area (Å²) in [5.41, 5.74) is 3.35. The van der Waals surface area contributed by atoms with Crippen molar-refractivity contribution in [1.82, 2.24) is 23.1 Å². The minimum atomic E-state index is -0.877. The molecule has 34 heavy (non-hydrogen) atoms. The Hall–Kier alpha value is -4.20. The Morgan fingerprint density at radius 1 is 1.03 bits per heavy atom. The number of imidazole rings is 2. The zero-order valence-electron chi connectivity index (χ0n) is 19.5. The summed E-state index contributed by atoms with van der Waals surface area (Å²) in [7, 11) is 1.57. The van der Waals surface area contributed by atoms with Crippen molar-refractivity contribution in [2.24, 2.45) is 7.05 Å². The quantitative estimate of drug-likeness (QED) is 0.406. The average molecular weight is 456 g/mol. The number of rotatable bonds is 5. The first-order chi connectivity index (χ1) is 16.3. The standard InChI is InChI=1S/C26H25N5O3/c1-5-18-11-9-10-14-20(18)31-21(19-12-7-6-8-13-19)15-29-22-23(27-25(29)31)28(4)26(34)30(24(22)33)16(2)17(3)32/h6-16H,5H2,1-4H3/t16-/m0/s1. The van der Waals surface area contributed by atoms with Gasteiger partial charge in [0.1, 0.15) is 0 Å². The Morgan fingerprint density at radius 3 is 2.38 bits per heavy atom. The van der Waals surface area contributed by atoms with Crippen LogP contribution in [-0.4, -0.2) is 28.9 Å². The third kappa shape index (κ3) is 3.06. The molecule has 0 unspecified atom stereocenters. The summed E-state index contributed by atoms with van der Waals surface area (Å²) in [5.74, 6) is 0.258. The molecule has 0 spiro atoms. The Morgan fingerprint density at radius 2 is 1.71 bits per heavy atom. The molecule has 2 aromatic carbocycles. The van der Waals surface area contributed by atoms with E-state index < -0.39 is 17.3 Å². The van der Waals surface area contributed by atoms with E-state index >= 15 is 0 Å². The Balaban J connectivity index is 1.97. The molecule has 0 aliphatic heterocycles. The maximum Gasteiger partial charge on any atom is 0.333 e. The van der Waals surface area contributed by atoms with Gasteiger partial charge < -0.3 is 0 Å². The van der Waals surface area contributed by atoms with Crippen LogP contribution >= 0.6 is 0 Å². The fourth-order valence-electron chi connectivity index (χ4n) is 4.46. The maximum absolute atomic E-state index is 13.6. The molecule has 1 atom stereocenters. The molecule has 0 radical (unpaired) electrons. The fraction of sp³-hybridized carbons (Fsp3) is 0.231. The third-order valence-electron chi connectivity index (χ3n) is 6.46. The Kier molecular flexibility index (Phi) is 5.08. The van der Waals surface area contributed by atoms with Crippen LogP contribution in [-0.2, 0) is 18.3 Å². The lowest BCUT2D eigenvalue weighted by Gasteiger charge is -2.13. The van der Waals surface area contributed by atoms with E-state index in [4.69, 9.17) is 4.98 Å². The van der Waals surface area contributed by atoms with Gasteiger partial charge in [-0.25, -0.2) is 9.36 Å². The first-order valence-corrected chi connectivity index (χ1v) is 11.2. The lowest BCUT2D eigenvalue weighted by molar-refractivity contribution is -0.119. The number of para-hydroxylation sites is 1. The van der Waals surface area contributed by atoms with Gasteiger partial charge in [-0.2, -0.15) is 4.98 Å². The summed E-state index contributed by atoms with van der Waals surface area (Å²) in [6.07, 6.45) is 2.69. The van der Waals surface area contributed by atoms with Crippen molar-refractivity contribution >= 4 is 22.7 Å². The van der Waals surface area contributed by atoms with Crippen LogP contribution in [0.25, 0.3) is 33.9 Å². The number of fused-ring (bicyclic) bond motifs is 3. The van der Waals surface area contributed by atoms with Gasteiger partial charge in [0.05, 0.1) is 17.4 Å². The van der Waals surface area contributed by atoms with Crippen LogP contribution in [0.4, 0.5) is 0 Å². The van der Waals surface area contributed by atoms with E-state index in [9.17, 15) is 14.4 Å². The molecule has 5 aromatic rings. The summed E-state index contributed by atoms with van der Waals surface area (Å²) in [6, 6.07) is 17.1. The van der Waals surface area contributed by atoms with E-state index in [-0.39, 0.29) is 16.9 Å². The second-order valence-corrected chi connectivity index (χ2v) is 8.46. The number of Topliss-reactive ketones (excluding diaryl/α,β-unsaturated/α-hetero) is 1. The average Bonchev–Trinajstić information content (AvgIpc) is 3.39. The highest BCUT2D eigenvalue weighted by Crippen LogP contribution is 2.30. The number of hydrogen-bond acceptors (Lipinski definition) is 4. The number of aryl methyl sites for hydroxylation is 2. The summed E-state index contributed by atoms with van der Waals surface area (Å²) < 4.78 is 6.10. The molecule has 5 rings (SSSR count). The highest BCUT2D eigenvalue weighted by Gasteiger charge is 2.25. The number of carbonyl (C=O) groups is 1. The highest BCUT2D eigenvalue weighted by molar-refractivity contribution is 5.82. The zero-order chi connectivity index (χ0) is 24.1. The van der Waals surface area contributed by atoms with Gasteiger partial charge >= 0.3 is 5.69 Å². The molecular formula is C26H25N5O3. The van der Waals surface area contributed by atoms with E-state index in [0.717, 1.165) is 33.5 Å². The summed E-state index contributed by atoms with van der Waals surface area (Å²) in [6.45, 7) is 5.03. The zero-order valence-corrected chi connectivity index (χ0v) is 19.5. The van der Waals surface area contributed by atoms with Crippen LogP contribution < -0.4 is 11.2 Å². The molecule has 3 aromatic heterocycles. The number of nitrogens with zero attached hydrogens (tertiary/aromatic N) is 5. The summed E-state index contributed by atoms with van der Waals surface area (Å²) >= 11 is 0. The largest absolute Gasteiger partial charge is 0.333 e. The van der Waals surface area contributed by atoms with Gasteiger partial charge in [-0.15, -0.1) is 0 Å². The first-order valence-electron chi connectivity index (χ1n) is 11.2. The number of carbonyl (C=O) groups excluding carboxylic acids is 1. The van der Waals surface area contributed by atoms with Crippen LogP contribution in [0, 0.1) is 0 Å². The first kappa shape index (κ1) is 21.6. The molecule has 0 saturated carbocycles. The number of hydrogen-bond donors (Lipinski definition) is 0. The van der Waals surface area contributed by atoms with Crippen molar-refractivity contribution in [3.05, 3.63) is 87.2 Å². The minimum absolute atomic E-state index is 0.259. The van der Waals surface area contributed by atoms with Crippen molar-refractivity contribution < 1.29 is 4.79 Å². The minimum Gasteiger partial charge on any atom is -0.298 e. The second-order valence-electron chi connectivity index (χ2n) is 8.46. The van der Waals surface area contributed by atoms with Gasteiger partial charge in [0.2, 0.25) is 5.78 Å². The van der Waals surface area contributed by atoms with Crippen LogP contribution in [0.1, 0.15) is 32.4 Å². The van der Waals surface area contributed by atoms with Crippen molar-refractivity contribution in [2.45, 2.75) is 33.2 Å². The third-order valence-corrected chi connectivity index (χ3v) is 6.46. The van der Waals surface area contributed by atoms with Gasteiger partial charge in [0.15, 0.2) is 16.9 Å². The smallest absolute Gasteiger partial charge is 0.298 e. The van der Waals surface area contributed by atoms with Crippen molar-refractivity contribution in [1.29, 1.82) is 0 Å². The number of ketones is 1. The molecule has 0 fully saturated rings. The number of aromatic nitrogens is 5. The predicted octanol–water partition coefficient (Wildman–Crippen LogP) is 3.52. The van der Waals surface area contributed by atoms with Gasteiger partial charge in [-0.05, 0) is 31.9 Å². The fourth-order valence-corrected chi connectivity index (χ4v) is 4.46. The van der Waals surface area contributed by atoms with Gasteiger partial charge in [0, 0.05) is 18.8 Å². The molecule has 8 nitrogen and oxygen atoms in total. The Labute approximate surface area is 195 Å². The lowest BCUT2D eigenvalue weighted by Crippen LogP contribution is -2.42. The van der Waals surface area contributed by atoms with E-state index in [2.05, 4.69) is 13.0 Å². The molecular weight excluding hydrogens is 430 g/mol. The molecule has 3 heterocycles. The van der Waals surface area contributed by atoms with Gasteiger partial charge in [0.25, 0.3) is 5.56 Å². The molecule has 0 bridgehead atoms. The molecule has 0 saturated heterocycles. The summed E-state index contributed by atoms with van der Waals surface area (Å²) in [4.78, 5) is 43.4. The van der Waals surface area contributed by atoms with E-state index in [1.165, 1.54) is 11.5 Å². The lowest BCUT2D eigenvalue weighted by atomic mass is 10.1. The monoisotopic (exact) mass is 455 g/mol. The van der Waals surface area contributed by atoms with Crippen molar-refractivity contribution in [3.8, 4) is 16.9 Å². The van der Waals surface area contributed by atoms with E-state index in [1.54, 1.807) is 18.4 Å². The predicted molar refractivity (Wildman–Crippen MR) is 132 cm³/mol. The molecule has 0 N–H and O–H groups in total. The molecule has 172 valence electrons. The highest BCUT2D eigenvalue weighted by atomic mass is 16.2.